The average Bonchev–Trinajstić information content (AvgIpc) is 3.12. The van der Waals surface area contributed by atoms with Crippen molar-refractivity contribution in [1.29, 1.82) is 0 Å². The zero-order valence-electron chi connectivity index (χ0n) is 15.7. The van der Waals surface area contributed by atoms with Gasteiger partial charge in [-0.15, -0.1) is 24.0 Å². The number of aliphatic imine (C=N–C) groups is 1. The SMILES string of the molecule is CN=C(NCC(C)c1ccsc1)NCC(c1cccc(F)c1)N(C)C.I. The van der Waals surface area contributed by atoms with Gasteiger partial charge in [-0.05, 0) is 60.1 Å². The zero-order valence-corrected chi connectivity index (χ0v) is 18.8. The first kappa shape index (κ1) is 22.9. The zero-order chi connectivity index (χ0) is 18.2. The number of benzene rings is 1. The van der Waals surface area contributed by atoms with Crippen molar-refractivity contribution in [2.75, 3.05) is 34.2 Å². The van der Waals surface area contributed by atoms with E-state index in [1.807, 2.05) is 20.2 Å². The second kappa shape index (κ2) is 11.5. The molecule has 0 saturated carbocycles. The summed E-state index contributed by atoms with van der Waals surface area (Å²) in [5.41, 5.74) is 2.28. The van der Waals surface area contributed by atoms with Gasteiger partial charge in [0.05, 0.1) is 6.04 Å². The summed E-state index contributed by atoms with van der Waals surface area (Å²) in [5.74, 6) is 0.958. The van der Waals surface area contributed by atoms with Crippen molar-refractivity contribution in [2.45, 2.75) is 18.9 Å². The fourth-order valence-electron chi connectivity index (χ4n) is 2.65. The van der Waals surface area contributed by atoms with Gasteiger partial charge in [0.2, 0.25) is 0 Å². The van der Waals surface area contributed by atoms with Crippen LogP contribution in [0.2, 0.25) is 0 Å². The molecule has 0 amide bonds. The van der Waals surface area contributed by atoms with Gasteiger partial charge in [-0.3, -0.25) is 4.99 Å². The van der Waals surface area contributed by atoms with E-state index in [4.69, 9.17) is 0 Å². The fraction of sp³-hybridized carbons (Fsp3) is 0.421. The third-order valence-electron chi connectivity index (χ3n) is 4.23. The molecule has 0 aliphatic rings. The van der Waals surface area contributed by atoms with Gasteiger partial charge in [0.1, 0.15) is 5.82 Å². The number of likely N-dealkylation sites (N-methyl/N-ethyl adjacent to an activating group) is 1. The number of nitrogens with zero attached hydrogens (tertiary/aromatic N) is 2. The Hall–Kier alpha value is -1.19. The first-order valence-corrected chi connectivity index (χ1v) is 9.34. The number of guanidine groups is 1. The number of hydrogen-bond acceptors (Lipinski definition) is 3. The summed E-state index contributed by atoms with van der Waals surface area (Å²) in [5, 5.41) is 11.0. The van der Waals surface area contributed by atoms with E-state index in [1.54, 1.807) is 30.5 Å². The van der Waals surface area contributed by atoms with Crippen LogP contribution < -0.4 is 10.6 Å². The highest BCUT2D eigenvalue weighted by Gasteiger charge is 2.15. The maximum absolute atomic E-state index is 13.5. The number of hydrogen-bond donors (Lipinski definition) is 2. The molecule has 0 saturated heterocycles. The van der Waals surface area contributed by atoms with Crippen molar-refractivity contribution in [3.63, 3.8) is 0 Å². The van der Waals surface area contributed by atoms with Gasteiger partial charge in [-0.25, -0.2) is 4.39 Å². The van der Waals surface area contributed by atoms with Crippen molar-refractivity contribution in [2.24, 2.45) is 4.99 Å². The molecule has 1 heterocycles. The molecule has 0 fully saturated rings. The minimum Gasteiger partial charge on any atom is -0.356 e. The lowest BCUT2D eigenvalue weighted by atomic mass is 10.1. The Bertz CT molecular complexity index is 676. The number of rotatable bonds is 7. The quantitative estimate of drug-likeness (QED) is 0.349. The van der Waals surface area contributed by atoms with Crippen molar-refractivity contribution in [3.05, 3.63) is 58.0 Å². The minimum atomic E-state index is -0.212. The summed E-state index contributed by atoms with van der Waals surface area (Å²) in [7, 11) is 5.75. The molecule has 26 heavy (non-hydrogen) atoms. The smallest absolute Gasteiger partial charge is 0.191 e. The molecule has 2 aromatic rings. The highest BCUT2D eigenvalue weighted by molar-refractivity contribution is 14.0. The Kier molecular flexibility index (Phi) is 10.1. The van der Waals surface area contributed by atoms with Gasteiger partial charge >= 0.3 is 0 Å². The third-order valence-corrected chi connectivity index (χ3v) is 4.93. The second-order valence-corrected chi connectivity index (χ2v) is 7.11. The topological polar surface area (TPSA) is 39.7 Å². The summed E-state index contributed by atoms with van der Waals surface area (Å²) in [4.78, 5) is 6.36. The summed E-state index contributed by atoms with van der Waals surface area (Å²) < 4.78 is 13.5. The number of thiophene rings is 1. The molecule has 0 aliphatic heterocycles. The maximum Gasteiger partial charge on any atom is 0.191 e. The van der Waals surface area contributed by atoms with Crippen LogP contribution in [0.3, 0.4) is 0 Å². The summed E-state index contributed by atoms with van der Waals surface area (Å²) in [6.45, 7) is 3.64. The lowest BCUT2D eigenvalue weighted by Gasteiger charge is -2.26. The van der Waals surface area contributed by atoms with E-state index in [0.29, 0.717) is 12.5 Å². The molecule has 2 rings (SSSR count). The van der Waals surface area contributed by atoms with Crippen LogP contribution in [0.15, 0.2) is 46.1 Å². The normalized spacial score (nSPS) is 13.8. The monoisotopic (exact) mass is 490 g/mol. The Labute approximate surface area is 176 Å². The molecule has 4 nitrogen and oxygen atoms in total. The van der Waals surface area contributed by atoms with Crippen LogP contribution in [-0.2, 0) is 0 Å². The van der Waals surface area contributed by atoms with E-state index in [2.05, 4.69) is 44.3 Å². The Morgan fingerprint density at radius 3 is 2.50 bits per heavy atom. The Morgan fingerprint density at radius 2 is 1.92 bits per heavy atom. The van der Waals surface area contributed by atoms with Crippen LogP contribution >= 0.6 is 35.3 Å². The largest absolute Gasteiger partial charge is 0.356 e. The number of halogens is 2. The standard InChI is InChI=1S/C19H27FN4S.HI/c1-14(16-8-9-25-13-16)11-22-19(21-2)23-12-18(24(3)4)15-6-5-7-17(20)10-15;/h5-10,13-14,18H,11-12H2,1-4H3,(H2,21,22,23);1H. The predicted molar refractivity (Wildman–Crippen MR) is 120 cm³/mol. The molecule has 2 unspecified atom stereocenters. The van der Waals surface area contributed by atoms with Gasteiger partial charge in [-0.2, -0.15) is 11.3 Å². The minimum absolute atomic E-state index is 0. The molecule has 0 spiro atoms. The van der Waals surface area contributed by atoms with E-state index >= 15 is 0 Å². The molecule has 1 aromatic heterocycles. The average molecular weight is 490 g/mol. The van der Waals surface area contributed by atoms with E-state index in [-0.39, 0.29) is 35.8 Å². The van der Waals surface area contributed by atoms with E-state index in [0.717, 1.165) is 18.1 Å². The third kappa shape index (κ3) is 6.85. The van der Waals surface area contributed by atoms with E-state index in [9.17, 15) is 4.39 Å². The van der Waals surface area contributed by atoms with E-state index < -0.39 is 0 Å². The molecule has 7 heteroatoms. The molecule has 0 aliphatic carbocycles. The summed E-state index contributed by atoms with van der Waals surface area (Å²) in [6, 6.07) is 8.96. The van der Waals surface area contributed by atoms with Crippen LogP contribution in [0.5, 0.6) is 0 Å². The van der Waals surface area contributed by atoms with Crippen LogP contribution in [0.4, 0.5) is 4.39 Å². The molecular weight excluding hydrogens is 462 g/mol. The van der Waals surface area contributed by atoms with Gasteiger partial charge in [-0.1, -0.05) is 19.1 Å². The first-order valence-electron chi connectivity index (χ1n) is 8.39. The van der Waals surface area contributed by atoms with Crippen LogP contribution in [-0.4, -0.2) is 45.1 Å². The summed E-state index contributed by atoms with van der Waals surface area (Å²) >= 11 is 1.71. The van der Waals surface area contributed by atoms with Gasteiger partial charge < -0.3 is 15.5 Å². The molecule has 0 radical (unpaired) electrons. The van der Waals surface area contributed by atoms with Gasteiger partial charge in [0.25, 0.3) is 0 Å². The van der Waals surface area contributed by atoms with Gasteiger partial charge in [0.15, 0.2) is 5.96 Å². The highest BCUT2D eigenvalue weighted by atomic mass is 127. The Balaban J connectivity index is 0.00000338. The predicted octanol–water partition coefficient (Wildman–Crippen LogP) is 4.08. The van der Waals surface area contributed by atoms with Crippen LogP contribution in [0, 0.1) is 5.82 Å². The molecular formula is C19H28FIN4S. The molecule has 0 bridgehead atoms. The van der Waals surface area contributed by atoms with Crippen LogP contribution in [0.1, 0.15) is 30.0 Å². The lowest BCUT2D eigenvalue weighted by Crippen LogP contribution is -2.42. The molecule has 2 N–H and O–H groups in total. The second-order valence-electron chi connectivity index (χ2n) is 6.33. The molecule has 144 valence electrons. The number of nitrogens with one attached hydrogen (secondary N) is 2. The molecule has 1 aromatic carbocycles. The fourth-order valence-corrected chi connectivity index (χ4v) is 3.43. The van der Waals surface area contributed by atoms with Crippen molar-refractivity contribution < 1.29 is 4.39 Å². The van der Waals surface area contributed by atoms with Gasteiger partial charge in [0, 0.05) is 20.1 Å². The first-order chi connectivity index (χ1) is 12.0. The molecule has 2 atom stereocenters. The van der Waals surface area contributed by atoms with E-state index in [1.165, 1.54) is 11.6 Å². The van der Waals surface area contributed by atoms with Crippen molar-refractivity contribution in [1.82, 2.24) is 15.5 Å². The lowest BCUT2D eigenvalue weighted by molar-refractivity contribution is 0.297. The van der Waals surface area contributed by atoms with Crippen molar-refractivity contribution >= 4 is 41.3 Å². The Morgan fingerprint density at radius 1 is 1.19 bits per heavy atom. The van der Waals surface area contributed by atoms with Crippen molar-refractivity contribution in [3.8, 4) is 0 Å². The maximum atomic E-state index is 13.5. The summed E-state index contributed by atoms with van der Waals surface area (Å²) in [6.07, 6.45) is 0. The highest BCUT2D eigenvalue weighted by Crippen LogP contribution is 2.19. The van der Waals surface area contributed by atoms with Crippen LogP contribution in [0.25, 0.3) is 0 Å².